The molecule has 2 aromatic rings. The monoisotopic (exact) mass is 314 g/mol. The van der Waals surface area contributed by atoms with Crippen LogP contribution in [0.4, 0.5) is 16.2 Å². The molecule has 1 aliphatic heterocycles. The lowest BCUT2D eigenvalue weighted by Crippen LogP contribution is -2.33. The Balaban J connectivity index is 1.80. The minimum absolute atomic E-state index is 0.0321. The molecule has 0 bridgehead atoms. The number of hydrogen-bond donors (Lipinski definition) is 1. The quantitative estimate of drug-likeness (QED) is 0.847. The van der Waals surface area contributed by atoms with Gasteiger partial charge in [-0.25, -0.2) is 4.79 Å². The molecule has 0 aliphatic carbocycles. The molecule has 22 heavy (non-hydrogen) atoms. The Morgan fingerprint density at radius 2 is 2.00 bits per heavy atom. The van der Waals surface area contributed by atoms with E-state index in [1.165, 1.54) is 0 Å². The highest BCUT2D eigenvalue weighted by Gasteiger charge is 2.25. The zero-order chi connectivity index (χ0) is 15.7. The van der Waals surface area contributed by atoms with Crippen molar-refractivity contribution in [2.45, 2.75) is 13.3 Å². The van der Waals surface area contributed by atoms with E-state index in [1.807, 2.05) is 12.1 Å². The van der Waals surface area contributed by atoms with E-state index in [2.05, 4.69) is 5.32 Å². The summed E-state index contributed by atoms with van der Waals surface area (Å²) in [6.45, 7) is 2.14. The van der Waals surface area contributed by atoms with Crippen molar-refractivity contribution < 1.29 is 9.59 Å². The first-order valence-corrected chi connectivity index (χ1v) is 7.40. The predicted octanol–water partition coefficient (Wildman–Crippen LogP) is 4.14. The molecule has 2 aromatic carbocycles. The third-order valence-corrected chi connectivity index (χ3v) is 3.94. The average molecular weight is 315 g/mol. The lowest BCUT2D eigenvalue weighted by atomic mass is 10.1. The van der Waals surface area contributed by atoms with E-state index in [0.29, 0.717) is 22.8 Å². The van der Waals surface area contributed by atoms with Crippen LogP contribution in [0.3, 0.4) is 0 Å². The summed E-state index contributed by atoms with van der Waals surface area (Å²) in [6, 6.07) is 12.3. The molecular weight excluding hydrogens is 300 g/mol. The highest BCUT2D eigenvalue weighted by molar-refractivity contribution is 6.30. The molecule has 4 nitrogen and oxygen atoms in total. The summed E-state index contributed by atoms with van der Waals surface area (Å²) >= 11 is 5.92. The second-order valence-electron chi connectivity index (χ2n) is 5.24. The van der Waals surface area contributed by atoms with E-state index in [1.54, 1.807) is 42.2 Å². The molecule has 2 amide bonds. The van der Waals surface area contributed by atoms with E-state index in [9.17, 15) is 9.59 Å². The van der Waals surface area contributed by atoms with Gasteiger partial charge in [-0.2, -0.15) is 0 Å². The minimum Gasteiger partial charge on any atom is -0.307 e. The van der Waals surface area contributed by atoms with Gasteiger partial charge >= 0.3 is 6.03 Å². The predicted molar refractivity (Wildman–Crippen MR) is 88.0 cm³/mol. The van der Waals surface area contributed by atoms with Crippen LogP contribution in [0.15, 0.2) is 42.5 Å². The number of Topliss-reactive ketones (excluding diaryl/α,β-unsaturated/α-hetero) is 1. The Bertz CT molecular complexity index is 758. The molecule has 5 heteroatoms. The molecule has 0 radical (unpaired) electrons. The van der Waals surface area contributed by atoms with E-state index in [-0.39, 0.29) is 11.8 Å². The summed E-state index contributed by atoms with van der Waals surface area (Å²) < 4.78 is 0. The molecule has 1 N–H and O–H groups in total. The first kappa shape index (κ1) is 14.6. The Morgan fingerprint density at radius 3 is 2.73 bits per heavy atom. The van der Waals surface area contributed by atoms with Gasteiger partial charge in [-0.05, 0) is 55.3 Å². The first-order valence-electron chi connectivity index (χ1n) is 7.02. The summed E-state index contributed by atoms with van der Waals surface area (Å²) in [4.78, 5) is 25.5. The fourth-order valence-electron chi connectivity index (χ4n) is 2.59. The molecule has 0 saturated heterocycles. The number of rotatable bonds is 2. The molecule has 3 rings (SSSR count). The van der Waals surface area contributed by atoms with E-state index in [0.717, 1.165) is 17.7 Å². The molecule has 0 fully saturated rings. The lowest BCUT2D eigenvalue weighted by molar-refractivity contribution is 0.101. The van der Waals surface area contributed by atoms with Crippen molar-refractivity contribution in [2.24, 2.45) is 0 Å². The normalized spacial score (nSPS) is 12.9. The molecular formula is C17H15ClN2O2. The molecule has 1 heterocycles. The maximum atomic E-state index is 12.4. The third kappa shape index (κ3) is 2.83. The zero-order valence-electron chi connectivity index (χ0n) is 12.1. The van der Waals surface area contributed by atoms with Crippen LogP contribution in [-0.4, -0.2) is 18.4 Å². The topological polar surface area (TPSA) is 49.4 Å². The summed E-state index contributed by atoms with van der Waals surface area (Å²) in [7, 11) is 0. The number of carbonyl (C=O) groups is 2. The largest absolute Gasteiger partial charge is 0.326 e. The Labute approximate surface area is 133 Å². The SMILES string of the molecule is CC(=O)c1ccc2c(c1)CCN2C(=O)Nc1cccc(Cl)c1. The van der Waals surface area contributed by atoms with Gasteiger partial charge in [-0.15, -0.1) is 0 Å². The van der Waals surface area contributed by atoms with Crippen molar-refractivity contribution in [2.75, 3.05) is 16.8 Å². The number of nitrogens with zero attached hydrogens (tertiary/aromatic N) is 1. The number of urea groups is 1. The Morgan fingerprint density at radius 1 is 1.18 bits per heavy atom. The van der Waals surface area contributed by atoms with Crippen LogP contribution in [0.5, 0.6) is 0 Å². The van der Waals surface area contributed by atoms with Gasteiger partial charge in [0.25, 0.3) is 0 Å². The molecule has 1 aliphatic rings. The molecule has 0 spiro atoms. The fraction of sp³-hybridized carbons (Fsp3) is 0.176. The van der Waals surface area contributed by atoms with Crippen LogP contribution in [-0.2, 0) is 6.42 Å². The lowest BCUT2D eigenvalue weighted by Gasteiger charge is -2.18. The van der Waals surface area contributed by atoms with Gasteiger partial charge in [0.15, 0.2) is 5.78 Å². The minimum atomic E-state index is -0.198. The summed E-state index contributed by atoms with van der Waals surface area (Å²) in [6.07, 6.45) is 0.749. The Kier molecular flexibility index (Phi) is 3.86. The van der Waals surface area contributed by atoms with E-state index >= 15 is 0 Å². The average Bonchev–Trinajstić information content (AvgIpc) is 2.90. The van der Waals surface area contributed by atoms with Crippen molar-refractivity contribution in [1.29, 1.82) is 0 Å². The molecule has 112 valence electrons. The van der Waals surface area contributed by atoms with Crippen molar-refractivity contribution >= 4 is 34.8 Å². The number of nitrogens with one attached hydrogen (secondary N) is 1. The molecule has 0 unspecified atom stereocenters. The van der Waals surface area contributed by atoms with Crippen LogP contribution in [0.1, 0.15) is 22.8 Å². The summed E-state index contributed by atoms with van der Waals surface area (Å²) in [5, 5.41) is 3.41. The number of ketones is 1. The highest BCUT2D eigenvalue weighted by Crippen LogP contribution is 2.29. The molecule has 0 aromatic heterocycles. The van der Waals surface area contributed by atoms with Gasteiger partial charge in [0.05, 0.1) is 0 Å². The van der Waals surface area contributed by atoms with Gasteiger partial charge in [-0.3, -0.25) is 9.69 Å². The van der Waals surface area contributed by atoms with Gasteiger partial charge < -0.3 is 5.32 Å². The first-order chi connectivity index (χ1) is 10.5. The van der Waals surface area contributed by atoms with Gasteiger partial charge in [0.2, 0.25) is 0 Å². The maximum Gasteiger partial charge on any atom is 0.326 e. The number of carbonyl (C=O) groups excluding carboxylic acids is 2. The van der Waals surface area contributed by atoms with Gasteiger partial charge in [0, 0.05) is 28.5 Å². The number of amides is 2. The highest BCUT2D eigenvalue weighted by atomic mass is 35.5. The van der Waals surface area contributed by atoms with Crippen LogP contribution < -0.4 is 10.2 Å². The van der Waals surface area contributed by atoms with E-state index < -0.39 is 0 Å². The number of halogens is 1. The number of benzene rings is 2. The fourth-order valence-corrected chi connectivity index (χ4v) is 2.78. The second-order valence-corrected chi connectivity index (χ2v) is 5.68. The van der Waals surface area contributed by atoms with Crippen molar-refractivity contribution in [3.8, 4) is 0 Å². The second kappa shape index (κ2) is 5.81. The Hall–Kier alpha value is -2.33. The van der Waals surface area contributed by atoms with Crippen LogP contribution in [0.2, 0.25) is 5.02 Å². The van der Waals surface area contributed by atoms with E-state index in [4.69, 9.17) is 11.6 Å². The van der Waals surface area contributed by atoms with Crippen LogP contribution in [0.25, 0.3) is 0 Å². The number of hydrogen-bond acceptors (Lipinski definition) is 2. The summed E-state index contributed by atoms with van der Waals surface area (Å²) in [5.74, 6) is 0.0321. The number of anilines is 2. The third-order valence-electron chi connectivity index (χ3n) is 3.70. The molecule has 0 atom stereocenters. The van der Waals surface area contributed by atoms with Crippen molar-refractivity contribution in [3.05, 3.63) is 58.6 Å². The van der Waals surface area contributed by atoms with Gasteiger partial charge in [-0.1, -0.05) is 17.7 Å². The summed E-state index contributed by atoms with van der Waals surface area (Å²) in [5.41, 5.74) is 3.21. The van der Waals surface area contributed by atoms with Crippen LogP contribution in [0, 0.1) is 0 Å². The van der Waals surface area contributed by atoms with Crippen molar-refractivity contribution in [1.82, 2.24) is 0 Å². The van der Waals surface area contributed by atoms with Gasteiger partial charge in [0.1, 0.15) is 0 Å². The zero-order valence-corrected chi connectivity index (χ0v) is 12.9. The maximum absolute atomic E-state index is 12.4. The van der Waals surface area contributed by atoms with Crippen molar-refractivity contribution in [3.63, 3.8) is 0 Å². The van der Waals surface area contributed by atoms with Crippen LogP contribution >= 0.6 is 11.6 Å². The smallest absolute Gasteiger partial charge is 0.307 e. The molecule has 0 saturated carbocycles. The number of fused-ring (bicyclic) bond motifs is 1. The standard InChI is InChI=1S/C17H15ClN2O2/c1-11(21)12-5-6-16-13(9-12)7-8-20(16)17(22)19-15-4-2-3-14(18)10-15/h2-6,9-10H,7-8H2,1H3,(H,19,22).